The molecular weight excluding hydrogens is 293 g/mol. The lowest BCUT2D eigenvalue weighted by Crippen LogP contribution is -2.17. The van der Waals surface area contributed by atoms with E-state index in [1.165, 1.54) is 18.2 Å². The molecule has 0 aliphatic carbocycles. The molecule has 2 aromatic rings. The fourth-order valence-corrected chi connectivity index (χ4v) is 2.51. The highest BCUT2D eigenvalue weighted by Gasteiger charge is 2.22. The van der Waals surface area contributed by atoms with Crippen molar-refractivity contribution in [1.82, 2.24) is 5.32 Å². The smallest absolute Gasteiger partial charge is 0.127 e. The Morgan fingerprint density at radius 3 is 3.00 bits per heavy atom. The van der Waals surface area contributed by atoms with Crippen LogP contribution in [0.5, 0.6) is 11.5 Å². The van der Waals surface area contributed by atoms with E-state index >= 15 is 0 Å². The molecule has 1 aliphatic rings. The fraction of sp³-hybridized carbons (Fsp3) is 0.250. The van der Waals surface area contributed by atoms with Gasteiger partial charge in [-0.3, -0.25) is 0 Å². The second-order valence-corrected chi connectivity index (χ2v) is 5.28. The maximum atomic E-state index is 13.2. The molecule has 1 heterocycles. The topological polar surface area (TPSA) is 30.5 Å². The Balaban J connectivity index is 1.73. The van der Waals surface area contributed by atoms with Gasteiger partial charge in [-0.15, -0.1) is 0 Å². The maximum absolute atomic E-state index is 13.2. The van der Waals surface area contributed by atoms with Crippen LogP contribution in [0.15, 0.2) is 36.4 Å². The fourth-order valence-electron chi connectivity index (χ4n) is 2.33. The van der Waals surface area contributed by atoms with Gasteiger partial charge < -0.3 is 14.8 Å². The zero-order valence-corrected chi connectivity index (χ0v) is 12.3. The van der Waals surface area contributed by atoms with Crippen molar-refractivity contribution >= 4 is 11.6 Å². The summed E-state index contributed by atoms with van der Waals surface area (Å²) in [6.45, 7) is 0.829. The molecule has 1 atom stereocenters. The largest absolute Gasteiger partial charge is 0.491 e. The van der Waals surface area contributed by atoms with Gasteiger partial charge in [0, 0.05) is 22.2 Å². The zero-order valence-electron chi connectivity index (χ0n) is 11.5. The highest BCUT2D eigenvalue weighted by Crippen LogP contribution is 2.35. The normalized spacial score (nSPS) is 16.4. The van der Waals surface area contributed by atoms with Crippen molar-refractivity contribution in [3.05, 3.63) is 58.4 Å². The molecule has 0 aromatic heterocycles. The first kappa shape index (κ1) is 14.2. The molecular formula is C16H15ClFNO2. The van der Waals surface area contributed by atoms with Gasteiger partial charge in [0.25, 0.3) is 0 Å². The molecule has 0 saturated heterocycles. The quantitative estimate of drug-likeness (QED) is 0.934. The summed E-state index contributed by atoms with van der Waals surface area (Å²) in [5, 5.41) is 3.68. The van der Waals surface area contributed by atoms with Crippen LogP contribution in [-0.4, -0.2) is 13.7 Å². The number of hydrogen-bond acceptors (Lipinski definition) is 3. The van der Waals surface area contributed by atoms with Gasteiger partial charge in [-0.25, -0.2) is 4.39 Å². The van der Waals surface area contributed by atoms with Crippen LogP contribution in [0.1, 0.15) is 17.2 Å². The molecule has 110 valence electrons. The van der Waals surface area contributed by atoms with Crippen molar-refractivity contribution < 1.29 is 13.9 Å². The van der Waals surface area contributed by atoms with E-state index in [9.17, 15) is 4.39 Å². The summed E-state index contributed by atoms with van der Waals surface area (Å²) in [5.74, 6) is 1.16. The second-order valence-electron chi connectivity index (χ2n) is 4.88. The predicted octanol–water partition coefficient (Wildman–Crippen LogP) is 3.71. The summed E-state index contributed by atoms with van der Waals surface area (Å²) in [5.41, 5.74) is 1.74. The number of benzene rings is 2. The van der Waals surface area contributed by atoms with Crippen LogP contribution in [-0.2, 0) is 6.61 Å². The minimum absolute atomic E-state index is 0.213. The average molecular weight is 308 g/mol. The van der Waals surface area contributed by atoms with Crippen LogP contribution in [0.3, 0.4) is 0 Å². The number of likely N-dealkylation sites (N-methyl/N-ethyl adjacent to an activating group) is 1. The molecule has 3 nitrogen and oxygen atoms in total. The minimum Gasteiger partial charge on any atom is -0.491 e. The van der Waals surface area contributed by atoms with Crippen molar-refractivity contribution in [2.24, 2.45) is 0 Å². The number of hydrogen-bond donors (Lipinski definition) is 1. The van der Waals surface area contributed by atoms with Gasteiger partial charge in [0.05, 0.1) is 6.04 Å². The highest BCUT2D eigenvalue weighted by molar-refractivity contribution is 6.31. The Morgan fingerprint density at radius 1 is 1.33 bits per heavy atom. The van der Waals surface area contributed by atoms with E-state index in [0.717, 1.165) is 11.3 Å². The molecule has 0 saturated carbocycles. The third-order valence-corrected chi connectivity index (χ3v) is 3.89. The molecule has 5 heteroatoms. The summed E-state index contributed by atoms with van der Waals surface area (Å²) in [6, 6.07) is 10.2. The van der Waals surface area contributed by atoms with Crippen molar-refractivity contribution in [2.45, 2.75) is 12.6 Å². The van der Waals surface area contributed by atoms with Crippen LogP contribution < -0.4 is 14.8 Å². The van der Waals surface area contributed by atoms with E-state index in [0.29, 0.717) is 22.9 Å². The monoisotopic (exact) mass is 307 g/mol. The van der Waals surface area contributed by atoms with Gasteiger partial charge in [-0.05, 0) is 37.4 Å². The maximum Gasteiger partial charge on any atom is 0.127 e. The van der Waals surface area contributed by atoms with Gasteiger partial charge in [0.2, 0.25) is 0 Å². The summed E-state index contributed by atoms with van der Waals surface area (Å²) < 4.78 is 24.5. The Kier molecular flexibility index (Phi) is 3.99. The van der Waals surface area contributed by atoms with Gasteiger partial charge in [0.1, 0.15) is 30.5 Å². The third-order valence-electron chi connectivity index (χ3n) is 3.52. The standard InChI is InChI=1S/C16H15ClFNO2/c1-19-15-9-21-16-7-12(3-4-13(15)16)20-8-10-6-11(18)2-5-14(10)17/h2-7,15,19H,8-9H2,1H3. The summed E-state index contributed by atoms with van der Waals surface area (Å²) in [4.78, 5) is 0. The van der Waals surface area contributed by atoms with Crippen LogP contribution in [0.2, 0.25) is 5.02 Å². The summed E-state index contributed by atoms with van der Waals surface area (Å²) in [6.07, 6.45) is 0. The van der Waals surface area contributed by atoms with Crippen molar-refractivity contribution in [3.8, 4) is 11.5 Å². The lowest BCUT2D eigenvalue weighted by molar-refractivity contribution is 0.298. The Bertz CT molecular complexity index is 663. The van der Waals surface area contributed by atoms with Crippen molar-refractivity contribution in [2.75, 3.05) is 13.7 Å². The average Bonchev–Trinajstić information content (AvgIpc) is 2.90. The molecule has 21 heavy (non-hydrogen) atoms. The number of ether oxygens (including phenoxy) is 2. The number of halogens is 2. The molecule has 0 radical (unpaired) electrons. The molecule has 2 aromatic carbocycles. The Hall–Kier alpha value is -1.78. The molecule has 1 unspecified atom stereocenters. The second kappa shape index (κ2) is 5.92. The molecule has 0 fully saturated rings. The van der Waals surface area contributed by atoms with E-state index in [4.69, 9.17) is 21.1 Å². The number of nitrogens with one attached hydrogen (secondary N) is 1. The number of rotatable bonds is 4. The molecule has 1 aliphatic heterocycles. The Labute approximate surface area is 127 Å². The first-order valence-electron chi connectivity index (χ1n) is 6.68. The van der Waals surface area contributed by atoms with Gasteiger partial charge in [0.15, 0.2) is 0 Å². The molecule has 0 amide bonds. The summed E-state index contributed by atoms with van der Waals surface area (Å²) in [7, 11) is 1.90. The molecule has 0 spiro atoms. The van der Waals surface area contributed by atoms with E-state index < -0.39 is 0 Å². The van der Waals surface area contributed by atoms with Crippen LogP contribution in [0.25, 0.3) is 0 Å². The van der Waals surface area contributed by atoms with Crippen LogP contribution >= 0.6 is 11.6 Å². The van der Waals surface area contributed by atoms with Gasteiger partial charge >= 0.3 is 0 Å². The van der Waals surface area contributed by atoms with Crippen LogP contribution in [0.4, 0.5) is 4.39 Å². The highest BCUT2D eigenvalue weighted by atomic mass is 35.5. The van der Waals surface area contributed by atoms with Gasteiger partial charge in [-0.2, -0.15) is 0 Å². The first-order chi connectivity index (χ1) is 10.2. The Morgan fingerprint density at radius 2 is 2.19 bits per heavy atom. The predicted molar refractivity (Wildman–Crippen MR) is 79.5 cm³/mol. The number of fused-ring (bicyclic) bond motifs is 1. The van der Waals surface area contributed by atoms with Crippen LogP contribution in [0, 0.1) is 5.82 Å². The molecule has 0 bridgehead atoms. The zero-order chi connectivity index (χ0) is 14.8. The van der Waals surface area contributed by atoms with Crippen molar-refractivity contribution in [1.29, 1.82) is 0 Å². The molecule has 3 rings (SSSR count). The first-order valence-corrected chi connectivity index (χ1v) is 7.06. The minimum atomic E-state index is -0.327. The van der Waals surface area contributed by atoms with E-state index in [1.807, 2.05) is 25.2 Å². The van der Waals surface area contributed by atoms with E-state index in [1.54, 1.807) is 0 Å². The summed E-state index contributed by atoms with van der Waals surface area (Å²) >= 11 is 6.01. The molecule has 1 N–H and O–H groups in total. The lowest BCUT2D eigenvalue weighted by Gasteiger charge is -2.10. The third kappa shape index (κ3) is 2.96. The van der Waals surface area contributed by atoms with E-state index in [-0.39, 0.29) is 18.5 Å². The van der Waals surface area contributed by atoms with Gasteiger partial charge in [-0.1, -0.05) is 11.6 Å². The lowest BCUT2D eigenvalue weighted by atomic mass is 10.1. The van der Waals surface area contributed by atoms with Crippen molar-refractivity contribution in [3.63, 3.8) is 0 Å². The SMILES string of the molecule is CNC1COc2cc(OCc3cc(F)ccc3Cl)ccc21. The van der Waals surface area contributed by atoms with E-state index in [2.05, 4.69) is 5.32 Å².